The second-order valence-corrected chi connectivity index (χ2v) is 3.69. The lowest BCUT2D eigenvalue weighted by atomic mass is 10.0. The highest BCUT2D eigenvalue weighted by molar-refractivity contribution is 5.88. The van der Waals surface area contributed by atoms with Gasteiger partial charge in [0.15, 0.2) is 0 Å². The van der Waals surface area contributed by atoms with E-state index in [-0.39, 0.29) is 11.1 Å². The fourth-order valence-corrected chi connectivity index (χ4v) is 1.59. The monoisotopic (exact) mass is 241 g/mol. The van der Waals surface area contributed by atoms with Gasteiger partial charge in [-0.1, -0.05) is 18.2 Å². The number of benzene rings is 2. The number of carbonyl (C=O) groups is 1. The molecule has 0 spiro atoms. The zero-order valence-corrected chi connectivity index (χ0v) is 9.22. The van der Waals surface area contributed by atoms with Crippen molar-refractivity contribution in [3.8, 4) is 17.2 Å². The lowest BCUT2D eigenvalue weighted by molar-refractivity contribution is 0.0697. The van der Waals surface area contributed by atoms with E-state index in [0.29, 0.717) is 11.1 Å². The first-order valence-electron chi connectivity index (χ1n) is 5.15. The van der Waals surface area contributed by atoms with Crippen LogP contribution in [0.1, 0.15) is 15.9 Å². The van der Waals surface area contributed by atoms with Gasteiger partial charge < -0.3 is 5.11 Å². The Hall–Kier alpha value is -2.67. The summed E-state index contributed by atoms with van der Waals surface area (Å²) < 4.78 is 13.4. The maximum absolute atomic E-state index is 13.4. The molecule has 0 aliphatic rings. The van der Waals surface area contributed by atoms with E-state index in [4.69, 9.17) is 10.4 Å². The number of carboxylic acids is 1. The molecule has 0 heterocycles. The highest BCUT2D eigenvalue weighted by atomic mass is 19.1. The molecule has 1 N–H and O–H groups in total. The summed E-state index contributed by atoms with van der Waals surface area (Å²) >= 11 is 0. The Morgan fingerprint density at radius 2 is 1.72 bits per heavy atom. The number of nitrogens with zero attached hydrogens (tertiary/aromatic N) is 1. The largest absolute Gasteiger partial charge is 0.478 e. The van der Waals surface area contributed by atoms with Crippen LogP contribution in [0.4, 0.5) is 4.39 Å². The van der Waals surface area contributed by atoms with E-state index in [1.165, 1.54) is 24.3 Å². The van der Waals surface area contributed by atoms with E-state index < -0.39 is 11.8 Å². The van der Waals surface area contributed by atoms with Gasteiger partial charge in [-0.25, -0.2) is 9.18 Å². The van der Waals surface area contributed by atoms with Crippen molar-refractivity contribution in [2.24, 2.45) is 0 Å². The molecule has 18 heavy (non-hydrogen) atoms. The van der Waals surface area contributed by atoms with E-state index in [9.17, 15) is 9.18 Å². The van der Waals surface area contributed by atoms with Crippen molar-refractivity contribution in [1.82, 2.24) is 0 Å². The third-order valence-corrected chi connectivity index (χ3v) is 2.55. The van der Waals surface area contributed by atoms with E-state index in [1.807, 2.05) is 0 Å². The predicted molar refractivity (Wildman–Crippen MR) is 63.5 cm³/mol. The zero-order chi connectivity index (χ0) is 13.1. The molecule has 0 radical (unpaired) electrons. The Morgan fingerprint density at radius 3 is 2.22 bits per heavy atom. The first-order chi connectivity index (χ1) is 8.61. The van der Waals surface area contributed by atoms with Gasteiger partial charge in [0.1, 0.15) is 11.9 Å². The summed E-state index contributed by atoms with van der Waals surface area (Å²) in [6.07, 6.45) is 0. The van der Waals surface area contributed by atoms with Crippen molar-refractivity contribution < 1.29 is 14.3 Å². The summed E-state index contributed by atoms with van der Waals surface area (Å²) in [6, 6.07) is 12.1. The van der Waals surface area contributed by atoms with Crippen molar-refractivity contribution in [3.63, 3.8) is 0 Å². The van der Waals surface area contributed by atoms with Crippen LogP contribution >= 0.6 is 0 Å². The van der Waals surface area contributed by atoms with E-state index in [2.05, 4.69) is 0 Å². The summed E-state index contributed by atoms with van der Waals surface area (Å²) in [5.41, 5.74) is 1.46. The first-order valence-corrected chi connectivity index (χ1v) is 5.15. The molecular formula is C14H8FNO2. The second-order valence-electron chi connectivity index (χ2n) is 3.69. The summed E-state index contributed by atoms with van der Waals surface area (Å²) in [7, 11) is 0. The minimum atomic E-state index is -1.01. The Labute approximate surface area is 103 Å². The minimum Gasteiger partial charge on any atom is -0.478 e. The highest BCUT2D eigenvalue weighted by Crippen LogP contribution is 2.22. The van der Waals surface area contributed by atoms with E-state index >= 15 is 0 Å². The van der Waals surface area contributed by atoms with Gasteiger partial charge in [0.25, 0.3) is 0 Å². The third kappa shape index (κ3) is 2.20. The molecule has 0 saturated heterocycles. The highest BCUT2D eigenvalue weighted by Gasteiger charge is 2.06. The smallest absolute Gasteiger partial charge is 0.335 e. The zero-order valence-electron chi connectivity index (χ0n) is 9.22. The number of halogens is 1. The van der Waals surface area contributed by atoms with E-state index in [1.54, 1.807) is 24.3 Å². The molecule has 3 nitrogen and oxygen atoms in total. The number of rotatable bonds is 2. The number of hydrogen-bond acceptors (Lipinski definition) is 2. The van der Waals surface area contributed by atoms with Crippen LogP contribution in [0.5, 0.6) is 0 Å². The fraction of sp³-hybridized carbons (Fsp3) is 0. The number of nitriles is 1. The molecule has 0 aliphatic carbocycles. The summed E-state index contributed by atoms with van der Waals surface area (Å²) in [6.45, 7) is 0. The van der Waals surface area contributed by atoms with Gasteiger partial charge in [-0.2, -0.15) is 5.26 Å². The Morgan fingerprint density at radius 1 is 1.11 bits per heavy atom. The molecule has 2 aromatic carbocycles. The van der Waals surface area contributed by atoms with Crippen LogP contribution in [0.25, 0.3) is 11.1 Å². The van der Waals surface area contributed by atoms with Crippen LogP contribution in [0.15, 0.2) is 42.5 Å². The summed E-state index contributed by atoms with van der Waals surface area (Å²) in [5.74, 6) is -1.59. The van der Waals surface area contributed by atoms with Crippen molar-refractivity contribution in [2.75, 3.05) is 0 Å². The molecular weight excluding hydrogens is 233 g/mol. The molecule has 0 aliphatic heterocycles. The topological polar surface area (TPSA) is 61.1 Å². The second kappa shape index (κ2) is 4.68. The van der Waals surface area contributed by atoms with Gasteiger partial charge in [0, 0.05) is 0 Å². The average molecular weight is 241 g/mol. The van der Waals surface area contributed by atoms with E-state index in [0.717, 1.165) is 0 Å². The first kappa shape index (κ1) is 11.8. The molecule has 0 aromatic heterocycles. The van der Waals surface area contributed by atoms with Crippen LogP contribution in [0.3, 0.4) is 0 Å². The molecule has 4 heteroatoms. The maximum atomic E-state index is 13.4. The van der Waals surface area contributed by atoms with Gasteiger partial charge in [-0.3, -0.25) is 0 Å². The standard InChI is InChI=1S/C14H8FNO2/c15-13-7-11(5-6-12(13)8-16)9-1-3-10(4-2-9)14(17)18/h1-7H,(H,17,18). The molecule has 0 fully saturated rings. The van der Waals surface area contributed by atoms with Gasteiger partial charge in [-0.05, 0) is 35.4 Å². The lowest BCUT2D eigenvalue weighted by Crippen LogP contribution is -1.95. The van der Waals surface area contributed by atoms with Crippen LogP contribution in [-0.4, -0.2) is 11.1 Å². The fourth-order valence-electron chi connectivity index (χ4n) is 1.59. The molecule has 0 atom stereocenters. The Bertz CT molecular complexity index is 642. The van der Waals surface area contributed by atoms with Crippen LogP contribution in [0.2, 0.25) is 0 Å². The lowest BCUT2D eigenvalue weighted by Gasteiger charge is -2.03. The summed E-state index contributed by atoms with van der Waals surface area (Å²) in [4.78, 5) is 10.7. The van der Waals surface area contributed by atoms with Crippen molar-refractivity contribution in [2.45, 2.75) is 0 Å². The Kier molecular flexibility index (Phi) is 3.07. The molecule has 88 valence electrons. The molecule has 2 aromatic rings. The quantitative estimate of drug-likeness (QED) is 0.878. The molecule has 0 unspecified atom stereocenters. The molecule has 0 bridgehead atoms. The maximum Gasteiger partial charge on any atom is 0.335 e. The van der Waals surface area contributed by atoms with Crippen LogP contribution in [0, 0.1) is 17.1 Å². The van der Waals surface area contributed by atoms with Crippen LogP contribution in [-0.2, 0) is 0 Å². The average Bonchev–Trinajstić information content (AvgIpc) is 2.38. The molecule has 2 rings (SSSR count). The van der Waals surface area contributed by atoms with Gasteiger partial charge in [0.2, 0.25) is 0 Å². The number of carboxylic acid groups (broad SMARTS) is 1. The SMILES string of the molecule is N#Cc1ccc(-c2ccc(C(=O)O)cc2)cc1F. The van der Waals surface area contributed by atoms with Gasteiger partial charge in [-0.15, -0.1) is 0 Å². The molecule has 0 amide bonds. The predicted octanol–water partition coefficient (Wildman–Crippen LogP) is 3.06. The summed E-state index contributed by atoms with van der Waals surface area (Å²) in [5, 5.41) is 17.4. The van der Waals surface area contributed by atoms with Gasteiger partial charge in [0.05, 0.1) is 11.1 Å². The Balaban J connectivity index is 2.40. The number of hydrogen-bond donors (Lipinski definition) is 1. The van der Waals surface area contributed by atoms with Crippen molar-refractivity contribution in [1.29, 1.82) is 5.26 Å². The van der Waals surface area contributed by atoms with Gasteiger partial charge >= 0.3 is 5.97 Å². The number of aromatic carboxylic acids is 1. The third-order valence-electron chi connectivity index (χ3n) is 2.55. The molecule has 0 saturated carbocycles. The van der Waals surface area contributed by atoms with Crippen molar-refractivity contribution in [3.05, 3.63) is 59.4 Å². The minimum absolute atomic E-state index is 0.0130. The van der Waals surface area contributed by atoms with Crippen LogP contribution < -0.4 is 0 Å². The van der Waals surface area contributed by atoms with Crippen molar-refractivity contribution >= 4 is 5.97 Å². The normalized spacial score (nSPS) is 9.78.